The topological polar surface area (TPSA) is 38.3 Å². The van der Waals surface area contributed by atoms with E-state index in [0.29, 0.717) is 5.75 Å². The van der Waals surface area contributed by atoms with Crippen LogP contribution in [0.2, 0.25) is 0 Å². The maximum absolute atomic E-state index is 11.5. The van der Waals surface area contributed by atoms with Crippen LogP contribution in [0.4, 0.5) is 0 Å². The highest BCUT2D eigenvalue weighted by Gasteiger charge is 2.18. The molecule has 0 aromatic heterocycles. The lowest BCUT2D eigenvalue weighted by Crippen LogP contribution is -2.31. The second-order valence-corrected chi connectivity index (χ2v) is 5.86. The number of hydrogen-bond acceptors (Lipinski definition) is 3. The van der Waals surface area contributed by atoms with E-state index in [1.54, 1.807) is 18.9 Å². The van der Waals surface area contributed by atoms with Gasteiger partial charge in [-0.15, -0.1) is 11.8 Å². The van der Waals surface area contributed by atoms with Gasteiger partial charge in [0.2, 0.25) is 5.91 Å². The molecule has 3 nitrogen and oxygen atoms in total. The number of carbonyl (C=O) groups is 1. The van der Waals surface area contributed by atoms with Gasteiger partial charge in [-0.2, -0.15) is 0 Å². The molecule has 1 atom stereocenters. The quantitative estimate of drug-likeness (QED) is 0.764. The predicted molar refractivity (Wildman–Crippen MR) is 75.2 cm³/mol. The molecule has 0 heterocycles. The first-order chi connectivity index (χ1) is 7.83. The van der Waals surface area contributed by atoms with Crippen LogP contribution in [0.1, 0.15) is 41.0 Å². The van der Waals surface area contributed by atoms with E-state index in [9.17, 15) is 4.79 Å². The van der Waals surface area contributed by atoms with Crippen molar-refractivity contribution in [2.24, 2.45) is 0 Å². The van der Waals surface area contributed by atoms with E-state index in [1.807, 2.05) is 27.7 Å². The molecular weight excluding hydrogens is 234 g/mol. The maximum atomic E-state index is 11.5. The Kier molecular flexibility index (Phi) is 7.55. The van der Waals surface area contributed by atoms with Gasteiger partial charge in [-0.25, -0.2) is 0 Å². The molecule has 0 saturated carbocycles. The molecule has 1 N–H and O–H groups in total. The highest BCUT2D eigenvalue weighted by molar-refractivity contribution is 8.03. The summed E-state index contributed by atoms with van der Waals surface area (Å²) in [7, 11) is 1.71. The van der Waals surface area contributed by atoms with Gasteiger partial charge in [-0.05, 0) is 45.1 Å². The van der Waals surface area contributed by atoms with E-state index >= 15 is 0 Å². The van der Waals surface area contributed by atoms with Gasteiger partial charge in [0.25, 0.3) is 0 Å². The van der Waals surface area contributed by atoms with Crippen molar-refractivity contribution in [3.05, 3.63) is 11.0 Å². The molecule has 0 aromatic carbocycles. The summed E-state index contributed by atoms with van der Waals surface area (Å²) >= 11 is 1.55. The summed E-state index contributed by atoms with van der Waals surface area (Å²) in [6.45, 7) is 10.1. The van der Waals surface area contributed by atoms with Gasteiger partial charge in [0, 0.05) is 13.2 Å². The molecule has 17 heavy (non-hydrogen) atoms. The van der Waals surface area contributed by atoms with Crippen molar-refractivity contribution in [1.82, 2.24) is 5.32 Å². The first-order valence-corrected chi connectivity index (χ1v) is 6.98. The summed E-state index contributed by atoms with van der Waals surface area (Å²) in [4.78, 5) is 12.6. The predicted octanol–water partition coefficient (Wildman–Crippen LogP) is 2.96. The third-order valence-corrected chi connectivity index (χ3v) is 3.54. The molecule has 0 aliphatic heterocycles. The second kappa shape index (κ2) is 7.77. The summed E-state index contributed by atoms with van der Waals surface area (Å²) in [6.07, 6.45) is 3.00. The Morgan fingerprint density at radius 3 is 2.53 bits per heavy atom. The number of amides is 1. The molecule has 0 saturated heterocycles. The average Bonchev–Trinajstić information content (AvgIpc) is 2.25. The molecule has 1 amide bonds. The fraction of sp³-hybridized carbons (Fsp3) is 0.769. The van der Waals surface area contributed by atoms with Crippen LogP contribution in [0, 0.1) is 0 Å². The zero-order valence-corrected chi connectivity index (χ0v) is 12.6. The van der Waals surface area contributed by atoms with Crippen LogP contribution in [0.25, 0.3) is 0 Å². The van der Waals surface area contributed by atoms with E-state index < -0.39 is 0 Å². The number of hydrogen-bond donors (Lipinski definition) is 1. The Labute approximate surface area is 109 Å². The molecule has 0 aromatic rings. The molecule has 0 radical (unpaired) electrons. The minimum atomic E-state index is -0.231. The molecule has 4 heteroatoms. The van der Waals surface area contributed by atoms with Crippen molar-refractivity contribution < 1.29 is 9.53 Å². The normalized spacial score (nSPS) is 15.8. The Bertz CT molecular complexity index is 271. The van der Waals surface area contributed by atoms with Crippen molar-refractivity contribution in [3.8, 4) is 0 Å². The summed E-state index contributed by atoms with van der Waals surface area (Å²) in [5.74, 6) is 0.540. The van der Waals surface area contributed by atoms with E-state index in [1.165, 1.54) is 0 Å². The first kappa shape index (κ1) is 16.5. The van der Waals surface area contributed by atoms with Gasteiger partial charge in [0.15, 0.2) is 0 Å². The fourth-order valence-corrected chi connectivity index (χ4v) is 2.09. The van der Waals surface area contributed by atoms with E-state index in [4.69, 9.17) is 4.74 Å². The standard InChI is InChI=1S/C13H25NO2S/c1-7-13(5,16-6)8-11(4)17-9-12(15)14-10(2)3/h8,10H,7,9H2,1-6H3,(H,14,15)/b11-8+. The Morgan fingerprint density at radius 1 is 1.53 bits per heavy atom. The van der Waals surface area contributed by atoms with Crippen molar-refractivity contribution in [2.75, 3.05) is 12.9 Å². The van der Waals surface area contributed by atoms with Gasteiger partial charge >= 0.3 is 0 Å². The number of nitrogens with one attached hydrogen (secondary N) is 1. The monoisotopic (exact) mass is 259 g/mol. The van der Waals surface area contributed by atoms with Crippen molar-refractivity contribution in [3.63, 3.8) is 0 Å². The molecule has 100 valence electrons. The van der Waals surface area contributed by atoms with Crippen molar-refractivity contribution in [1.29, 1.82) is 0 Å². The lowest BCUT2D eigenvalue weighted by molar-refractivity contribution is -0.119. The van der Waals surface area contributed by atoms with Gasteiger partial charge in [-0.3, -0.25) is 4.79 Å². The molecular formula is C13H25NO2S. The summed E-state index contributed by atoms with van der Waals surface area (Å²) < 4.78 is 5.44. The highest BCUT2D eigenvalue weighted by atomic mass is 32.2. The van der Waals surface area contributed by atoms with Crippen LogP contribution < -0.4 is 5.32 Å². The minimum absolute atomic E-state index is 0.0772. The van der Waals surface area contributed by atoms with Gasteiger partial charge in [0.1, 0.15) is 0 Å². The lowest BCUT2D eigenvalue weighted by Gasteiger charge is -2.23. The van der Waals surface area contributed by atoms with Crippen LogP contribution in [0.3, 0.4) is 0 Å². The summed E-state index contributed by atoms with van der Waals surface area (Å²) in [6, 6.07) is 0.201. The lowest BCUT2D eigenvalue weighted by atomic mass is 10.0. The zero-order chi connectivity index (χ0) is 13.5. The molecule has 0 fully saturated rings. The van der Waals surface area contributed by atoms with Crippen LogP contribution in [-0.2, 0) is 9.53 Å². The third kappa shape index (κ3) is 7.45. The third-order valence-electron chi connectivity index (χ3n) is 2.56. The molecule has 0 aliphatic rings. The number of allylic oxidation sites excluding steroid dienone is 1. The largest absolute Gasteiger partial charge is 0.374 e. The second-order valence-electron chi connectivity index (χ2n) is 4.64. The average molecular weight is 259 g/mol. The minimum Gasteiger partial charge on any atom is -0.374 e. The van der Waals surface area contributed by atoms with Gasteiger partial charge in [-0.1, -0.05) is 6.92 Å². The molecule has 1 unspecified atom stereocenters. The maximum Gasteiger partial charge on any atom is 0.230 e. The van der Waals surface area contributed by atoms with Crippen LogP contribution in [0.15, 0.2) is 11.0 Å². The Morgan fingerprint density at radius 2 is 2.12 bits per heavy atom. The van der Waals surface area contributed by atoms with E-state index in [-0.39, 0.29) is 17.6 Å². The first-order valence-electron chi connectivity index (χ1n) is 5.99. The zero-order valence-electron chi connectivity index (χ0n) is 11.8. The molecule has 0 spiro atoms. The molecule has 0 bridgehead atoms. The van der Waals surface area contributed by atoms with E-state index in [0.717, 1.165) is 11.3 Å². The number of thioether (sulfide) groups is 1. The Hall–Kier alpha value is -0.480. The summed E-state index contributed by atoms with van der Waals surface area (Å²) in [5, 5.41) is 2.87. The van der Waals surface area contributed by atoms with E-state index in [2.05, 4.69) is 18.3 Å². The van der Waals surface area contributed by atoms with Crippen molar-refractivity contribution in [2.45, 2.75) is 52.7 Å². The fourth-order valence-electron chi connectivity index (χ4n) is 1.32. The summed E-state index contributed by atoms with van der Waals surface area (Å²) in [5.41, 5.74) is -0.231. The van der Waals surface area contributed by atoms with Crippen LogP contribution in [-0.4, -0.2) is 30.4 Å². The van der Waals surface area contributed by atoms with Crippen molar-refractivity contribution >= 4 is 17.7 Å². The van der Waals surface area contributed by atoms with Gasteiger partial charge in [0.05, 0.1) is 11.4 Å². The van der Waals surface area contributed by atoms with Gasteiger partial charge < -0.3 is 10.1 Å². The number of methoxy groups -OCH3 is 1. The SMILES string of the molecule is CCC(C)(/C=C(\C)SCC(=O)NC(C)C)OC. The smallest absolute Gasteiger partial charge is 0.230 e. The van der Waals surface area contributed by atoms with Crippen LogP contribution in [0.5, 0.6) is 0 Å². The Balaban J connectivity index is 4.21. The van der Waals surface area contributed by atoms with Crippen LogP contribution >= 0.6 is 11.8 Å². The highest BCUT2D eigenvalue weighted by Crippen LogP contribution is 2.23. The molecule has 0 rings (SSSR count). The molecule has 0 aliphatic carbocycles. The number of carbonyl (C=O) groups excluding carboxylic acids is 1. The number of rotatable bonds is 7. The number of ether oxygens (including phenoxy) is 1.